The van der Waals surface area contributed by atoms with E-state index in [0.29, 0.717) is 13.2 Å². The van der Waals surface area contributed by atoms with Gasteiger partial charge in [-0.1, -0.05) is 30.8 Å². The van der Waals surface area contributed by atoms with Crippen molar-refractivity contribution >= 4 is 5.91 Å². The van der Waals surface area contributed by atoms with Crippen LogP contribution in [0.15, 0.2) is 36.9 Å². The molecule has 1 aromatic carbocycles. The van der Waals surface area contributed by atoms with Gasteiger partial charge in [-0.3, -0.25) is 4.79 Å². The Bertz CT molecular complexity index is 401. The second-order valence-electron chi connectivity index (χ2n) is 3.76. The molecule has 0 radical (unpaired) electrons. The van der Waals surface area contributed by atoms with E-state index in [1.165, 1.54) is 17.2 Å². The van der Waals surface area contributed by atoms with E-state index in [4.69, 9.17) is 4.74 Å². The van der Waals surface area contributed by atoms with Gasteiger partial charge in [-0.05, 0) is 23.6 Å². The molecular formula is C13H15NO2. The molecule has 0 unspecified atom stereocenters. The molecular weight excluding hydrogens is 202 g/mol. The first-order valence-corrected chi connectivity index (χ1v) is 5.41. The molecule has 84 valence electrons. The monoisotopic (exact) mass is 217 g/mol. The molecule has 0 aromatic heterocycles. The van der Waals surface area contributed by atoms with E-state index in [1.807, 2.05) is 12.1 Å². The van der Waals surface area contributed by atoms with Gasteiger partial charge in [0.25, 0.3) is 0 Å². The maximum Gasteiger partial charge on any atom is 0.243 e. The Morgan fingerprint density at radius 1 is 1.56 bits per heavy atom. The summed E-state index contributed by atoms with van der Waals surface area (Å²) in [5.74, 6) is -0.161. The molecule has 2 rings (SSSR count). The molecule has 1 aromatic rings. The first-order valence-electron chi connectivity index (χ1n) is 5.41. The van der Waals surface area contributed by atoms with Crippen LogP contribution >= 0.6 is 0 Å². The molecule has 1 N–H and O–H groups in total. The molecule has 3 nitrogen and oxygen atoms in total. The second-order valence-corrected chi connectivity index (χ2v) is 3.76. The topological polar surface area (TPSA) is 38.3 Å². The van der Waals surface area contributed by atoms with E-state index in [1.54, 1.807) is 0 Å². The van der Waals surface area contributed by atoms with Crippen molar-refractivity contribution in [3.63, 3.8) is 0 Å². The third-order valence-electron chi connectivity index (χ3n) is 2.74. The molecule has 0 saturated carbocycles. The highest BCUT2D eigenvalue weighted by Gasteiger charge is 2.20. The van der Waals surface area contributed by atoms with Gasteiger partial charge in [-0.25, -0.2) is 0 Å². The lowest BCUT2D eigenvalue weighted by molar-refractivity contribution is -0.117. The average Bonchev–Trinajstić information content (AvgIpc) is 2.35. The van der Waals surface area contributed by atoms with E-state index in [2.05, 4.69) is 24.0 Å². The molecule has 1 aliphatic rings. The van der Waals surface area contributed by atoms with Crippen molar-refractivity contribution < 1.29 is 9.53 Å². The van der Waals surface area contributed by atoms with Gasteiger partial charge in [0.1, 0.15) is 6.10 Å². The number of carbonyl (C=O) groups excluding carboxylic acids is 1. The highest BCUT2D eigenvalue weighted by atomic mass is 16.5. The van der Waals surface area contributed by atoms with Crippen LogP contribution in [0.25, 0.3) is 0 Å². The third-order valence-corrected chi connectivity index (χ3v) is 2.74. The molecule has 0 saturated heterocycles. The van der Waals surface area contributed by atoms with Crippen molar-refractivity contribution in [2.45, 2.75) is 12.5 Å². The number of benzene rings is 1. The van der Waals surface area contributed by atoms with Gasteiger partial charge in [-0.2, -0.15) is 0 Å². The molecule has 1 amide bonds. The Balaban J connectivity index is 2.07. The lowest BCUT2D eigenvalue weighted by Crippen LogP contribution is -2.30. The van der Waals surface area contributed by atoms with Crippen LogP contribution in [0.4, 0.5) is 0 Å². The summed E-state index contributed by atoms with van der Waals surface area (Å²) >= 11 is 0. The van der Waals surface area contributed by atoms with Crippen molar-refractivity contribution in [3.05, 3.63) is 48.0 Å². The number of fused-ring (bicyclic) bond motifs is 1. The van der Waals surface area contributed by atoms with Crippen LogP contribution in [-0.4, -0.2) is 19.1 Å². The third kappa shape index (κ3) is 2.31. The largest absolute Gasteiger partial charge is 0.371 e. The maximum atomic E-state index is 11.1. The number of hydrogen-bond donors (Lipinski definition) is 1. The summed E-state index contributed by atoms with van der Waals surface area (Å²) in [7, 11) is 0. The Morgan fingerprint density at radius 2 is 2.38 bits per heavy atom. The summed E-state index contributed by atoms with van der Waals surface area (Å²) in [5, 5.41) is 2.76. The molecule has 1 atom stereocenters. The molecule has 1 aliphatic heterocycles. The van der Waals surface area contributed by atoms with Crippen molar-refractivity contribution in [2.75, 3.05) is 13.2 Å². The van der Waals surface area contributed by atoms with Crippen LogP contribution in [0.1, 0.15) is 17.2 Å². The molecule has 0 spiro atoms. The first kappa shape index (κ1) is 10.9. The van der Waals surface area contributed by atoms with Crippen LogP contribution in [0, 0.1) is 0 Å². The van der Waals surface area contributed by atoms with E-state index in [-0.39, 0.29) is 12.0 Å². The number of nitrogens with one attached hydrogen (secondary N) is 1. The highest BCUT2D eigenvalue weighted by molar-refractivity contribution is 5.86. The molecule has 3 heteroatoms. The minimum atomic E-state index is -0.161. The zero-order chi connectivity index (χ0) is 11.4. The summed E-state index contributed by atoms with van der Waals surface area (Å²) in [5.41, 5.74) is 2.49. The van der Waals surface area contributed by atoms with E-state index >= 15 is 0 Å². The number of carbonyl (C=O) groups is 1. The quantitative estimate of drug-likeness (QED) is 0.781. The van der Waals surface area contributed by atoms with E-state index in [0.717, 1.165) is 6.42 Å². The number of rotatable bonds is 3. The lowest BCUT2D eigenvalue weighted by atomic mass is 9.97. The van der Waals surface area contributed by atoms with Gasteiger partial charge in [-0.15, -0.1) is 0 Å². The summed E-state index contributed by atoms with van der Waals surface area (Å²) in [6.07, 6.45) is 2.19. The zero-order valence-corrected chi connectivity index (χ0v) is 9.11. The number of amides is 1. The molecule has 0 aliphatic carbocycles. The maximum absolute atomic E-state index is 11.1. The SMILES string of the molecule is C=CC(=O)NC[C@@H]1OCCc2ccccc21. The van der Waals surface area contributed by atoms with Gasteiger partial charge in [0, 0.05) is 6.54 Å². The zero-order valence-electron chi connectivity index (χ0n) is 9.11. The fourth-order valence-electron chi connectivity index (χ4n) is 1.91. The standard InChI is InChI=1S/C13H15NO2/c1-2-13(15)14-9-12-11-6-4-3-5-10(11)7-8-16-12/h2-6,12H,1,7-9H2,(H,14,15)/t12-/m0/s1. The molecule has 16 heavy (non-hydrogen) atoms. The number of ether oxygens (including phenoxy) is 1. The summed E-state index contributed by atoms with van der Waals surface area (Å²) in [4.78, 5) is 11.1. The molecule has 0 bridgehead atoms. The Kier molecular flexibility index (Phi) is 3.37. The van der Waals surface area contributed by atoms with Crippen molar-refractivity contribution in [1.82, 2.24) is 5.32 Å². The van der Waals surface area contributed by atoms with E-state index < -0.39 is 0 Å². The molecule has 0 fully saturated rings. The summed E-state index contributed by atoms with van der Waals surface area (Å²) in [6.45, 7) is 4.63. The second kappa shape index (κ2) is 4.94. The fourth-order valence-corrected chi connectivity index (χ4v) is 1.91. The van der Waals surface area contributed by atoms with Crippen molar-refractivity contribution in [1.29, 1.82) is 0 Å². The van der Waals surface area contributed by atoms with Crippen LogP contribution in [0.2, 0.25) is 0 Å². The van der Waals surface area contributed by atoms with Gasteiger partial charge < -0.3 is 10.1 Å². The lowest BCUT2D eigenvalue weighted by Gasteiger charge is -2.26. The predicted octanol–water partition coefficient (Wildman–Crippen LogP) is 1.60. The summed E-state index contributed by atoms with van der Waals surface area (Å²) < 4.78 is 5.65. The number of hydrogen-bond acceptors (Lipinski definition) is 2. The minimum Gasteiger partial charge on any atom is -0.371 e. The highest BCUT2D eigenvalue weighted by Crippen LogP contribution is 2.25. The van der Waals surface area contributed by atoms with Gasteiger partial charge in [0.15, 0.2) is 0 Å². The van der Waals surface area contributed by atoms with Crippen LogP contribution < -0.4 is 5.32 Å². The van der Waals surface area contributed by atoms with Crippen LogP contribution in [0.3, 0.4) is 0 Å². The minimum absolute atomic E-state index is 0.0335. The van der Waals surface area contributed by atoms with E-state index in [9.17, 15) is 4.79 Å². The average molecular weight is 217 g/mol. The van der Waals surface area contributed by atoms with Crippen LogP contribution in [-0.2, 0) is 16.0 Å². The van der Waals surface area contributed by atoms with Crippen molar-refractivity contribution in [3.8, 4) is 0 Å². The van der Waals surface area contributed by atoms with Gasteiger partial charge in [0.2, 0.25) is 5.91 Å². The van der Waals surface area contributed by atoms with Gasteiger partial charge >= 0.3 is 0 Å². The first-order chi connectivity index (χ1) is 7.81. The smallest absolute Gasteiger partial charge is 0.243 e. The summed E-state index contributed by atoms with van der Waals surface area (Å²) in [6, 6.07) is 8.19. The predicted molar refractivity (Wildman–Crippen MR) is 62.0 cm³/mol. The fraction of sp³-hybridized carbons (Fsp3) is 0.308. The van der Waals surface area contributed by atoms with Crippen molar-refractivity contribution in [2.24, 2.45) is 0 Å². The Morgan fingerprint density at radius 3 is 3.19 bits per heavy atom. The Labute approximate surface area is 95.1 Å². The Hall–Kier alpha value is -1.61. The normalized spacial score (nSPS) is 18.6. The molecule has 1 heterocycles. The van der Waals surface area contributed by atoms with Crippen LogP contribution in [0.5, 0.6) is 0 Å². The van der Waals surface area contributed by atoms with Gasteiger partial charge in [0.05, 0.1) is 6.61 Å².